The highest BCUT2D eigenvalue weighted by atomic mass is 16.6. The summed E-state index contributed by atoms with van der Waals surface area (Å²) in [4.78, 5) is 39.6. The van der Waals surface area contributed by atoms with Gasteiger partial charge in [-0.2, -0.15) is 0 Å². The van der Waals surface area contributed by atoms with Crippen molar-refractivity contribution in [3.63, 3.8) is 0 Å². The van der Waals surface area contributed by atoms with Crippen molar-refractivity contribution in [3.05, 3.63) is 70.8 Å². The van der Waals surface area contributed by atoms with Crippen LogP contribution in [0.25, 0.3) is 0 Å². The highest BCUT2D eigenvalue weighted by Crippen LogP contribution is 2.31. The van der Waals surface area contributed by atoms with Gasteiger partial charge in [0.15, 0.2) is 6.10 Å². The number of ether oxygens (including phenoxy) is 2. The first-order valence-corrected chi connectivity index (χ1v) is 10.9. The Balaban J connectivity index is 1.46. The van der Waals surface area contributed by atoms with Crippen molar-refractivity contribution >= 4 is 17.8 Å². The lowest BCUT2D eigenvalue weighted by Gasteiger charge is -2.26. The van der Waals surface area contributed by atoms with Crippen LogP contribution in [0.5, 0.6) is 0 Å². The van der Waals surface area contributed by atoms with E-state index in [-0.39, 0.29) is 5.91 Å². The Morgan fingerprint density at radius 1 is 1.03 bits per heavy atom. The van der Waals surface area contributed by atoms with Gasteiger partial charge in [-0.1, -0.05) is 43.2 Å². The van der Waals surface area contributed by atoms with Gasteiger partial charge >= 0.3 is 11.9 Å². The van der Waals surface area contributed by atoms with Crippen molar-refractivity contribution < 1.29 is 23.9 Å². The summed E-state index contributed by atoms with van der Waals surface area (Å²) in [5, 5.41) is 0. The lowest BCUT2D eigenvalue weighted by molar-refractivity contribution is -0.139. The molecule has 0 spiro atoms. The molecular weight excluding hydrogens is 394 g/mol. The number of carbonyl (C=O) groups is 3. The smallest absolute Gasteiger partial charge is 0.339 e. The van der Waals surface area contributed by atoms with Crippen LogP contribution in [0.1, 0.15) is 70.6 Å². The largest absolute Gasteiger partial charge is 0.454 e. The number of esters is 2. The van der Waals surface area contributed by atoms with E-state index in [4.69, 9.17) is 9.47 Å². The summed E-state index contributed by atoms with van der Waals surface area (Å²) in [6.45, 7) is 3.04. The highest BCUT2D eigenvalue weighted by Gasteiger charge is 2.29. The summed E-state index contributed by atoms with van der Waals surface area (Å²) in [7, 11) is 0. The molecule has 31 heavy (non-hydrogen) atoms. The van der Waals surface area contributed by atoms with Crippen molar-refractivity contribution in [2.45, 2.75) is 51.2 Å². The lowest BCUT2D eigenvalue weighted by Crippen LogP contribution is -2.40. The average Bonchev–Trinajstić information content (AvgIpc) is 3.08. The number of hydrogen-bond donors (Lipinski definition) is 0. The van der Waals surface area contributed by atoms with Crippen LogP contribution in [0.2, 0.25) is 0 Å². The first kappa shape index (κ1) is 21.1. The van der Waals surface area contributed by atoms with Gasteiger partial charge in [0.05, 0.1) is 11.1 Å². The van der Waals surface area contributed by atoms with Crippen molar-refractivity contribution in [2.75, 3.05) is 13.1 Å². The molecule has 1 amide bonds. The standard InChI is InChI=1S/C25H27NO5/c1-17(23(27)26-13-7-2-3-8-14-26)30-24(28)19-11-12-21-20(15-19)16-22(31-25(21)29)18-9-5-4-6-10-18/h4-6,9-12,15,17,22H,2-3,7-8,13-14,16H2,1H3/t17-,22-/m1/s1. The van der Waals surface area contributed by atoms with E-state index in [1.165, 1.54) is 0 Å². The molecule has 0 N–H and O–H groups in total. The van der Waals surface area contributed by atoms with Crippen LogP contribution in [-0.4, -0.2) is 41.9 Å². The van der Waals surface area contributed by atoms with Crippen molar-refractivity contribution in [3.8, 4) is 0 Å². The zero-order chi connectivity index (χ0) is 21.8. The molecule has 0 unspecified atom stereocenters. The van der Waals surface area contributed by atoms with Crippen LogP contribution < -0.4 is 0 Å². The molecule has 2 aliphatic rings. The van der Waals surface area contributed by atoms with Crippen LogP contribution in [-0.2, 0) is 20.7 Å². The Morgan fingerprint density at radius 3 is 2.45 bits per heavy atom. The second-order valence-corrected chi connectivity index (χ2v) is 8.17. The molecule has 6 heteroatoms. The zero-order valence-corrected chi connectivity index (χ0v) is 17.7. The van der Waals surface area contributed by atoms with E-state index in [1.54, 1.807) is 30.0 Å². The Bertz CT molecular complexity index is 963. The van der Waals surface area contributed by atoms with Crippen molar-refractivity contribution in [1.82, 2.24) is 4.90 Å². The number of benzene rings is 2. The van der Waals surface area contributed by atoms with Gasteiger partial charge in [-0.25, -0.2) is 9.59 Å². The fourth-order valence-corrected chi connectivity index (χ4v) is 4.20. The third-order valence-electron chi connectivity index (χ3n) is 5.94. The third-order valence-corrected chi connectivity index (χ3v) is 5.94. The SMILES string of the molecule is C[C@@H](OC(=O)c1ccc2c(c1)C[C@H](c1ccccc1)OC2=O)C(=O)N1CCCCCC1. The quantitative estimate of drug-likeness (QED) is 0.696. The third kappa shape index (κ3) is 4.79. The second kappa shape index (κ2) is 9.33. The van der Waals surface area contributed by atoms with Crippen LogP contribution >= 0.6 is 0 Å². The number of hydrogen-bond acceptors (Lipinski definition) is 5. The molecular formula is C25H27NO5. The summed E-state index contributed by atoms with van der Waals surface area (Å²) in [6.07, 6.45) is 3.46. The molecule has 162 valence electrons. The molecule has 2 atom stereocenters. The second-order valence-electron chi connectivity index (χ2n) is 8.17. The van der Waals surface area contributed by atoms with Crippen LogP contribution in [0, 0.1) is 0 Å². The summed E-state index contributed by atoms with van der Waals surface area (Å²) in [5.41, 5.74) is 2.44. The number of rotatable bonds is 4. The molecule has 2 aromatic rings. The minimum atomic E-state index is -0.844. The number of cyclic esters (lactones) is 1. The zero-order valence-electron chi connectivity index (χ0n) is 17.7. The number of likely N-dealkylation sites (tertiary alicyclic amines) is 1. The molecule has 0 bridgehead atoms. The van der Waals surface area contributed by atoms with E-state index in [9.17, 15) is 14.4 Å². The maximum Gasteiger partial charge on any atom is 0.339 e. The van der Waals surface area contributed by atoms with Gasteiger partial charge in [0, 0.05) is 19.5 Å². The Hall–Kier alpha value is -3.15. The topological polar surface area (TPSA) is 72.9 Å². The van der Waals surface area contributed by atoms with Gasteiger partial charge in [-0.15, -0.1) is 0 Å². The Labute approximate surface area is 182 Å². The minimum Gasteiger partial charge on any atom is -0.454 e. The van der Waals surface area contributed by atoms with E-state index in [0.717, 1.165) is 36.8 Å². The molecule has 0 aliphatic carbocycles. The number of fused-ring (bicyclic) bond motifs is 1. The molecule has 6 nitrogen and oxygen atoms in total. The van der Waals surface area contributed by atoms with Gasteiger partial charge in [0.1, 0.15) is 6.10 Å². The predicted octanol–water partition coefficient (Wildman–Crippen LogP) is 4.09. The lowest BCUT2D eigenvalue weighted by atomic mass is 9.93. The molecule has 1 saturated heterocycles. The van der Waals surface area contributed by atoms with E-state index in [2.05, 4.69) is 0 Å². The van der Waals surface area contributed by atoms with Crippen molar-refractivity contribution in [2.24, 2.45) is 0 Å². The Kier molecular flexibility index (Phi) is 6.35. The Morgan fingerprint density at radius 2 is 1.74 bits per heavy atom. The van der Waals surface area contributed by atoms with Crippen LogP contribution in [0.4, 0.5) is 0 Å². The molecule has 2 aromatic carbocycles. The number of nitrogens with zero attached hydrogens (tertiary/aromatic N) is 1. The summed E-state index contributed by atoms with van der Waals surface area (Å²) >= 11 is 0. The molecule has 0 saturated carbocycles. The van der Waals surface area contributed by atoms with Crippen LogP contribution in [0.3, 0.4) is 0 Å². The molecule has 2 heterocycles. The highest BCUT2D eigenvalue weighted by molar-refractivity contribution is 5.96. The summed E-state index contributed by atoms with van der Waals surface area (Å²) in [5.74, 6) is -1.12. The fourth-order valence-electron chi connectivity index (χ4n) is 4.20. The first-order valence-electron chi connectivity index (χ1n) is 10.9. The van der Waals surface area contributed by atoms with E-state index < -0.39 is 24.1 Å². The maximum atomic E-state index is 12.7. The summed E-state index contributed by atoms with van der Waals surface area (Å²) in [6, 6.07) is 14.4. The van der Waals surface area contributed by atoms with Gasteiger partial charge in [-0.05, 0) is 49.1 Å². The van der Waals surface area contributed by atoms with E-state index in [0.29, 0.717) is 30.6 Å². The van der Waals surface area contributed by atoms with Gasteiger partial charge < -0.3 is 14.4 Å². The fraction of sp³-hybridized carbons (Fsp3) is 0.400. The van der Waals surface area contributed by atoms with Crippen LogP contribution in [0.15, 0.2) is 48.5 Å². The van der Waals surface area contributed by atoms with E-state index in [1.807, 2.05) is 30.3 Å². The molecule has 4 rings (SSSR count). The number of amides is 1. The predicted molar refractivity (Wildman–Crippen MR) is 115 cm³/mol. The van der Waals surface area contributed by atoms with Gasteiger partial charge in [0.2, 0.25) is 0 Å². The molecule has 2 aliphatic heterocycles. The minimum absolute atomic E-state index is 0.152. The average molecular weight is 421 g/mol. The van der Waals surface area contributed by atoms with Crippen molar-refractivity contribution in [1.29, 1.82) is 0 Å². The van der Waals surface area contributed by atoms with E-state index >= 15 is 0 Å². The first-order chi connectivity index (χ1) is 15.0. The molecule has 0 radical (unpaired) electrons. The summed E-state index contributed by atoms with van der Waals surface area (Å²) < 4.78 is 11.0. The monoisotopic (exact) mass is 421 g/mol. The maximum absolute atomic E-state index is 12.7. The van der Waals surface area contributed by atoms with Gasteiger partial charge in [0.25, 0.3) is 5.91 Å². The number of carbonyl (C=O) groups excluding carboxylic acids is 3. The molecule has 1 fully saturated rings. The molecule has 0 aromatic heterocycles. The normalized spacial score (nSPS) is 19.6. The van der Waals surface area contributed by atoms with Gasteiger partial charge in [-0.3, -0.25) is 4.79 Å².